The van der Waals surface area contributed by atoms with Crippen LogP contribution in [-0.4, -0.2) is 18.9 Å². The second-order valence-corrected chi connectivity index (χ2v) is 3.96. The topological polar surface area (TPSA) is 56.5 Å². The monoisotopic (exact) mass is 238 g/mol. The van der Waals surface area contributed by atoms with E-state index >= 15 is 0 Å². The lowest BCUT2D eigenvalue weighted by Gasteiger charge is -1.99. The maximum absolute atomic E-state index is 11.0. The normalized spacial score (nSPS) is 10.2. The summed E-state index contributed by atoms with van der Waals surface area (Å²) in [5.74, 6) is 1.02. The third-order valence-corrected chi connectivity index (χ3v) is 2.54. The molecule has 0 atom stereocenters. The maximum Gasteiger partial charge on any atom is 0.305 e. The van der Waals surface area contributed by atoms with Crippen LogP contribution in [0.1, 0.15) is 48.9 Å². The molecule has 1 rings (SSSR count). The molecule has 1 aromatic rings. The summed E-state index contributed by atoms with van der Waals surface area (Å²) in [6.45, 7) is 1.49. The summed E-state index contributed by atoms with van der Waals surface area (Å²) in [5.41, 5.74) is 0. The van der Waals surface area contributed by atoms with Crippen LogP contribution < -0.4 is 0 Å². The predicted octanol–water partition coefficient (Wildman–Crippen LogP) is 2.76. The molecule has 0 spiro atoms. The highest BCUT2D eigenvalue weighted by molar-refractivity contribution is 5.91. The molecule has 0 aliphatic heterocycles. The van der Waals surface area contributed by atoms with E-state index in [0.29, 0.717) is 12.2 Å². The van der Waals surface area contributed by atoms with Crippen LogP contribution in [0.25, 0.3) is 0 Å². The van der Waals surface area contributed by atoms with Gasteiger partial charge in [-0.1, -0.05) is 6.42 Å². The average molecular weight is 238 g/mol. The van der Waals surface area contributed by atoms with E-state index in [1.807, 2.05) is 6.07 Å². The first-order valence-corrected chi connectivity index (χ1v) is 5.80. The fourth-order valence-electron chi connectivity index (χ4n) is 1.55. The Bertz CT molecular complexity index is 379. The molecule has 0 unspecified atom stereocenters. The first-order chi connectivity index (χ1) is 8.13. The van der Waals surface area contributed by atoms with Gasteiger partial charge >= 0.3 is 5.97 Å². The van der Waals surface area contributed by atoms with Gasteiger partial charge in [0.2, 0.25) is 0 Å². The number of esters is 1. The molecule has 0 aliphatic carbocycles. The number of unbranched alkanes of at least 4 members (excludes halogenated alkanes) is 2. The number of carbonyl (C=O) groups is 2. The molecule has 1 aromatic heterocycles. The van der Waals surface area contributed by atoms with Gasteiger partial charge in [-0.25, -0.2) is 0 Å². The number of methoxy groups -OCH3 is 1. The molecular formula is C13H18O4. The molecule has 0 saturated carbocycles. The zero-order valence-corrected chi connectivity index (χ0v) is 10.3. The Morgan fingerprint density at radius 2 is 2.00 bits per heavy atom. The van der Waals surface area contributed by atoms with Crippen LogP contribution in [0.4, 0.5) is 0 Å². The predicted molar refractivity (Wildman–Crippen MR) is 62.9 cm³/mol. The molecule has 94 valence electrons. The van der Waals surface area contributed by atoms with Gasteiger partial charge in [0.15, 0.2) is 11.5 Å². The second kappa shape index (κ2) is 6.89. The number of hydrogen-bond donors (Lipinski definition) is 0. The quantitative estimate of drug-likeness (QED) is 0.416. The Morgan fingerprint density at radius 1 is 1.24 bits per heavy atom. The summed E-state index contributed by atoms with van der Waals surface area (Å²) in [6, 6.07) is 3.53. The number of ketones is 1. The van der Waals surface area contributed by atoms with E-state index in [-0.39, 0.29) is 11.8 Å². The smallest absolute Gasteiger partial charge is 0.305 e. The number of furan rings is 1. The molecule has 0 bridgehead atoms. The van der Waals surface area contributed by atoms with E-state index in [4.69, 9.17) is 4.42 Å². The highest BCUT2D eigenvalue weighted by Gasteiger charge is 2.06. The SMILES string of the molecule is COC(=O)CCCCCc1ccc(C(C)=O)o1. The van der Waals surface area contributed by atoms with Gasteiger partial charge < -0.3 is 9.15 Å². The minimum absolute atomic E-state index is 0.0538. The molecule has 0 aliphatic rings. The van der Waals surface area contributed by atoms with E-state index < -0.39 is 0 Å². The second-order valence-electron chi connectivity index (χ2n) is 3.96. The third-order valence-electron chi connectivity index (χ3n) is 2.54. The van der Waals surface area contributed by atoms with Crippen LogP contribution in [0.5, 0.6) is 0 Å². The minimum atomic E-state index is -0.165. The van der Waals surface area contributed by atoms with Crippen molar-refractivity contribution in [3.05, 3.63) is 23.7 Å². The number of hydrogen-bond acceptors (Lipinski definition) is 4. The Kier molecular flexibility index (Phi) is 5.46. The summed E-state index contributed by atoms with van der Waals surface area (Å²) in [6.07, 6.45) is 3.99. The lowest BCUT2D eigenvalue weighted by Crippen LogP contribution is -1.99. The van der Waals surface area contributed by atoms with Gasteiger partial charge in [-0.3, -0.25) is 9.59 Å². The van der Waals surface area contributed by atoms with Gasteiger partial charge in [0.05, 0.1) is 7.11 Å². The Morgan fingerprint density at radius 3 is 2.59 bits per heavy atom. The van der Waals surface area contributed by atoms with Crippen LogP contribution in [0.2, 0.25) is 0 Å². The summed E-state index contributed by atoms with van der Waals surface area (Å²) >= 11 is 0. The minimum Gasteiger partial charge on any atom is -0.469 e. The number of rotatable bonds is 7. The van der Waals surface area contributed by atoms with Crippen LogP contribution in [0.3, 0.4) is 0 Å². The van der Waals surface area contributed by atoms with Crippen LogP contribution in [-0.2, 0) is 16.0 Å². The first-order valence-electron chi connectivity index (χ1n) is 5.80. The summed E-state index contributed by atoms with van der Waals surface area (Å²) < 4.78 is 9.90. The van der Waals surface area contributed by atoms with Crippen molar-refractivity contribution in [3.63, 3.8) is 0 Å². The molecule has 0 fully saturated rings. The molecule has 1 heterocycles. The van der Waals surface area contributed by atoms with Crippen molar-refractivity contribution in [1.82, 2.24) is 0 Å². The van der Waals surface area contributed by atoms with Gasteiger partial charge in [-0.05, 0) is 25.0 Å². The molecule has 0 aromatic carbocycles. The van der Waals surface area contributed by atoms with Gasteiger partial charge in [0.1, 0.15) is 5.76 Å². The van der Waals surface area contributed by atoms with E-state index in [2.05, 4.69) is 4.74 Å². The van der Waals surface area contributed by atoms with Gasteiger partial charge in [0, 0.05) is 19.8 Å². The number of ether oxygens (including phenoxy) is 1. The van der Waals surface area contributed by atoms with Crippen LogP contribution >= 0.6 is 0 Å². The Hall–Kier alpha value is -1.58. The van der Waals surface area contributed by atoms with Gasteiger partial charge in [-0.15, -0.1) is 0 Å². The third kappa shape index (κ3) is 4.85. The summed E-state index contributed by atoms with van der Waals surface area (Å²) in [5, 5.41) is 0. The zero-order valence-electron chi connectivity index (χ0n) is 10.3. The molecule has 4 heteroatoms. The number of aryl methyl sites for hydroxylation is 1. The number of Topliss-reactive ketones (excluding diaryl/α,β-unsaturated/α-hetero) is 1. The van der Waals surface area contributed by atoms with Gasteiger partial charge in [-0.2, -0.15) is 0 Å². The van der Waals surface area contributed by atoms with Crippen molar-refractivity contribution >= 4 is 11.8 Å². The van der Waals surface area contributed by atoms with E-state index in [1.54, 1.807) is 6.07 Å². The molecule has 0 radical (unpaired) electrons. The first kappa shape index (κ1) is 13.5. The van der Waals surface area contributed by atoms with Crippen molar-refractivity contribution in [3.8, 4) is 0 Å². The standard InChI is InChI=1S/C13H18O4/c1-10(14)12-9-8-11(17-12)6-4-3-5-7-13(15)16-2/h8-9H,3-7H2,1-2H3. The van der Waals surface area contributed by atoms with Crippen LogP contribution in [0.15, 0.2) is 16.5 Å². The lowest BCUT2D eigenvalue weighted by atomic mass is 10.1. The maximum atomic E-state index is 11.0. The molecule has 17 heavy (non-hydrogen) atoms. The molecule has 4 nitrogen and oxygen atoms in total. The van der Waals surface area contributed by atoms with Crippen molar-refractivity contribution in [2.75, 3.05) is 7.11 Å². The molecule has 0 amide bonds. The lowest BCUT2D eigenvalue weighted by molar-refractivity contribution is -0.140. The fourth-order valence-corrected chi connectivity index (χ4v) is 1.55. The van der Waals surface area contributed by atoms with Crippen molar-refractivity contribution in [2.45, 2.75) is 39.0 Å². The summed E-state index contributed by atoms with van der Waals surface area (Å²) in [4.78, 5) is 21.8. The number of carbonyl (C=O) groups excluding carboxylic acids is 2. The van der Waals surface area contributed by atoms with E-state index in [1.165, 1.54) is 14.0 Å². The van der Waals surface area contributed by atoms with Crippen molar-refractivity contribution < 1.29 is 18.7 Å². The molecule has 0 N–H and O–H groups in total. The highest BCUT2D eigenvalue weighted by atomic mass is 16.5. The van der Waals surface area contributed by atoms with Crippen LogP contribution in [0, 0.1) is 0 Å². The summed E-state index contributed by atoms with van der Waals surface area (Å²) in [7, 11) is 1.40. The van der Waals surface area contributed by atoms with E-state index in [0.717, 1.165) is 31.4 Å². The Balaban J connectivity index is 2.18. The Labute approximate surface area is 101 Å². The largest absolute Gasteiger partial charge is 0.469 e. The average Bonchev–Trinajstić information content (AvgIpc) is 2.77. The molecular weight excluding hydrogens is 220 g/mol. The van der Waals surface area contributed by atoms with E-state index in [9.17, 15) is 9.59 Å². The highest BCUT2D eigenvalue weighted by Crippen LogP contribution is 2.12. The zero-order chi connectivity index (χ0) is 12.7. The van der Waals surface area contributed by atoms with Crippen molar-refractivity contribution in [2.24, 2.45) is 0 Å². The van der Waals surface area contributed by atoms with Crippen molar-refractivity contribution in [1.29, 1.82) is 0 Å². The molecule has 0 saturated heterocycles. The van der Waals surface area contributed by atoms with Gasteiger partial charge in [0.25, 0.3) is 0 Å². The fraction of sp³-hybridized carbons (Fsp3) is 0.538.